The number of benzene rings is 1. The van der Waals surface area contributed by atoms with Gasteiger partial charge in [-0.3, -0.25) is 4.98 Å². The van der Waals surface area contributed by atoms with Crippen LogP contribution in [0.2, 0.25) is 0 Å². The Morgan fingerprint density at radius 3 is 2.73 bits per heavy atom. The van der Waals surface area contributed by atoms with Gasteiger partial charge >= 0.3 is 0 Å². The molecule has 1 aliphatic rings. The van der Waals surface area contributed by atoms with Crippen LogP contribution < -0.4 is 5.73 Å². The molecule has 0 spiro atoms. The Morgan fingerprint density at radius 2 is 2.00 bits per heavy atom. The molecule has 2 N–H and O–H groups in total. The summed E-state index contributed by atoms with van der Waals surface area (Å²) >= 11 is 0. The first-order valence-corrected chi connectivity index (χ1v) is 8.69. The second-order valence-corrected chi connectivity index (χ2v) is 7.37. The smallest absolute Gasteiger partial charge is 0.0346 e. The summed E-state index contributed by atoms with van der Waals surface area (Å²) in [4.78, 5) is 4.19. The topological polar surface area (TPSA) is 38.9 Å². The first-order valence-electron chi connectivity index (χ1n) is 8.69. The van der Waals surface area contributed by atoms with Crippen molar-refractivity contribution in [1.29, 1.82) is 0 Å². The van der Waals surface area contributed by atoms with Gasteiger partial charge in [0.2, 0.25) is 0 Å². The standard InChI is InChI=1S/C20H28N2/c1-3-19(21)20(2)9-6-15(7-10-20)12-16-4-5-18-14-22-11-8-17(18)13-16/h4-5,8,11,13-15,19H,3,6-7,9-10,12,21H2,1-2H3. The zero-order chi connectivity index (χ0) is 15.6. The molecule has 1 saturated carbocycles. The summed E-state index contributed by atoms with van der Waals surface area (Å²) in [6.45, 7) is 4.60. The third-order valence-corrected chi connectivity index (χ3v) is 5.81. The van der Waals surface area contributed by atoms with E-state index < -0.39 is 0 Å². The minimum Gasteiger partial charge on any atom is -0.327 e. The largest absolute Gasteiger partial charge is 0.327 e. The van der Waals surface area contributed by atoms with E-state index in [0.29, 0.717) is 11.5 Å². The fourth-order valence-corrected chi connectivity index (χ4v) is 4.00. The summed E-state index contributed by atoms with van der Waals surface area (Å²) in [6, 6.07) is 9.29. The van der Waals surface area contributed by atoms with Crippen LogP contribution in [-0.2, 0) is 6.42 Å². The summed E-state index contributed by atoms with van der Waals surface area (Å²) in [7, 11) is 0. The molecule has 1 aromatic carbocycles. The highest BCUT2D eigenvalue weighted by molar-refractivity contribution is 5.81. The molecule has 1 atom stereocenters. The Morgan fingerprint density at radius 1 is 1.23 bits per heavy atom. The van der Waals surface area contributed by atoms with Gasteiger partial charge in [-0.05, 0) is 66.9 Å². The molecule has 2 nitrogen and oxygen atoms in total. The molecule has 0 aliphatic heterocycles. The van der Waals surface area contributed by atoms with Gasteiger partial charge in [0.15, 0.2) is 0 Å². The quantitative estimate of drug-likeness (QED) is 0.887. The SMILES string of the molecule is CCC(N)C1(C)CCC(Cc2ccc3cnccc3c2)CC1. The first kappa shape index (κ1) is 15.5. The van der Waals surface area contributed by atoms with Crippen molar-refractivity contribution in [1.82, 2.24) is 4.98 Å². The average Bonchev–Trinajstić information content (AvgIpc) is 2.56. The maximum absolute atomic E-state index is 6.34. The van der Waals surface area contributed by atoms with Crippen molar-refractivity contribution in [2.45, 2.75) is 58.4 Å². The second-order valence-electron chi connectivity index (χ2n) is 7.37. The third kappa shape index (κ3) is 3.17. The fraction of sp³-hybridized carbons (Fsp3) is 0.550. The highest BCUT2D eigenvalue weighted by Crippen LogP contribution is 2.42. The summed E-state index contributed by atoms with van der Waals surface area (Å²) < 4.78 is 0. The van der Waals surface area contributed by atoms with E-state index in [1.807, 2.05) is 12.4 Å². The summed E-state index contributed by atoms with van der Waals surface area (Å²) in [5, 5.41) is 2.54. The lowest BCUT2D eigenvalue weighted by molar-refractivity contribution is 0.132. The molecule has 0 amide bonds. The molecule has 0 bridgehead atoms. The van der Waals surface area contributed by atoms with E-state index in [-0.39, 0.29) is 0 Å². The highest BCUT2D eigenvalue weighted by atomic mass is 14.7. The Bertz CT molecular complexity index is 626. The van der Waals surface area contributed by atoms with Crippen molar-refractivity contribution in [2.75, 3.05) is 0 Å². The zero-order valence-electron chi connectivity index (χ0n) is 13.9. The van der Waals surface area contributed by atoms with Gasteiger partial charge in [0, 0.05) is 23.8 Å². The maximum Gasteiger partial charge on any atom is 0.0346 e. The number of aromatic nitrogens is 1. The van der Waals surface area contributed by atoms with Crippen LogP contribution in [0, 0.1) is 11.3 Å². The van der Waals surface area contributed by atoms with Crippen LogP contribution in [0.15, 0.2) is 36.7 Å². The fourth-order valence-electron chi connectivity index (χ4n) is 4.00. The van der Waals surface area contributed by atoms with E-state index >= 15 is 0 Å². The molecular weight excluding hydrogens is 268 g/mol. The molecule has 3 rings (SSSR count). The maximum atomic E-state index is 6.34. The average molecular weight is 296 g/mol. The molecule has 118 valence electrons. The van der Waals surface area contributed by atoms with Crippen LogP contribution in [-0.4, -0.2) is 11.0 Å². The van der Waals surface area contributed by atoms with E-state index in [4.69, 9.17) is 5.73 Å². The number of pyridine rings is 1. The van der Waals surface area contributed by atoms with Crippen molar-refractivity contribution < 1.29 is 0 Å². The summed E-state index contributed by atoms with van der Waals surface area (Å²) in [6.07, 6.45) is 11.3. The summed E-state index contributed by atoms with van der Waals surface area (Å²) in [5.74, 6) is 0.816. The Hall–Kier alpha value is -1.41. The Balaban J connectivity index is 1.64. The van der Waals surface area contributed by atoms with Gasteiger partial charge in [-0.15, -0.1) is 0 Å². The van der Waals surface area contributed by atoms with Crippen molar-refractivity contribution in [3.63, 3.8) is 0 Å². The Kier molecular flexibility index (Phi) is 4.49. The monoisotopic (exact) mass is 296 g/mol. The van der Waals surface area contributed by atoms with Crippen molar-refractivity contribution >= 4 is 10.8 Å². The van der Waals surface area contributed by atoms with Crippen molar-refractivity contribution in [3.05, 3.63) is 42.2 Å². The van der Waals surface area contributed by atoms with Crippen LogP contribution in [0.3, 0.4) is 0 Å². The van der Waals surface area contributed by atoms with Crippen LogP contribution in [0.4, 0.5) is 0 Å². The molecule has 1 aromatic heterocycles. The Labute approximate surface area is 134 Å². The number of hydrogen-bond donors (Lipinski definition) is 1. The van der Waals surface area contributed by atoms with E-state index in [9.17, 15) is 0 Å². The number of nitrogens with zero attached hydrogens (tertiary/aromatic N) is 1. The molecule has 0 saturated heterocycles. The predicted octanol–water partition coefficient (Wildman–Crippen LogP) is 4.71. The predicted molar refractivity (Wildman–Crippen MR) is 93.8 cm³/mol. The van der Waals surface area contributed by atoms with Gasteiger partial charge < -0.3 is 5.73 Å². The van der Waals surface area contributed by atoms with E-state index in [1.54, 1.807) is 0 Å². The van der Waals surface area contributed by atoms with Gasteiger partial charge in [-0.2, -0.15) is 0 Å². The van der Waals surface area contributed by atoms with Crippen LogP contribution in [0.5, 0.6) is 0 Å². The zero-order valence-corrected chi connectivity index (χ0v) is 13.9. The normalized spacial score (nSPS) is 27.0. The summed E-state index contributed by atoms with van der Waals surface area (Å²) in [5.41, 5.74) is 8.16. The van der Waals surface area contributed by atoms with Crippen molar-refractivity contribution in [3.8, 4) is 0 Å². The molecule has 1 fully saturated rings. The van der Waals surface area contributed by atoms with E-state index in [2.05, 4.69) is 43.1 Å². The molecule has 1 heterocycles. The van der Waals surface area contributed by atoms with Crippen LogP contribution in [0.1, 0.15) is 51.5 Å². The number of fused-ring (bicyclic) bond motifs is 1. The second kappa shape index (κ2) is 6.37. The minimum atomic E-state index is 0.361. The lowest BCUT2D eigenvalue weighted by Crippen LogP contribution is -2.41. The lowest BCUT2D eigenvalue weighted by atomic mass is 9.66. The highest BCUT2D eigenvalue weighted by Gasteiger charge is 2.35. The van der Waals surface area contributed by atoms with Gasteiger partial charge in [0.25, 0.3) is 0 Å². The molecule has 1 aliphatic carbocycles. The third-order valence-electron chi connectivity index (χ3n) is 5.81. The van der Waals surface area contributed by atoms with Gasteiger partial charge in [0.1, 0.15) is 0 Å². The number of hydrogen-bond acceptors (Lipinski definition) is 2. The number of rotatable bonds is 4. The molecule has 2 heteroatoms. The molecule has 0 radical (unpaired) electrons. The van der Waals surface area contributed by atoms with Crippen LogP contribution >= 0.6 is 0 Å². The van der Waals surface area contributed by atoms with Gasteiger partial charge in [-0.1, -0.05) is 32.0 Å². The molecule has 2 aromatic rings. The minimum absolute atomic E-state index is 0.361. The lowest BCUT2D eigenvalue weighted by Gasteiger charge is -2.41. The van der Waals surface area contributed by atoms with E-state index in [0.717, 1.165) is 12.3 Å². The first-order chi connectivity index (χ1) is 10.6. The molecular formula is C20H28N2. The van der Waals surface area contributed by atoms with E-state index in [1.165, 1.54) is 48.4 Å². The van der Waals surface area contributed by atoms with Crippen LogP contribution in [0.25, 0.3) is 10.8 Å². The number of nitrogens with two attached hydrogens (primary N) is 1. The van der Waals surface area contributed by atoms with Gasteiger partial charge in [-0.25, -0.2) is 0 Å². The molecule has 22 heavy (non-hydrogen) atoms. The van der Waals surface area contributed by atoms with Crippen molar-refractivity contribution in [2.24, 2.45) is 17.1 Å². The molecule has 1 unspecified atom stereocenters. The van der Waals surface area contributed by atoms with Gasteiger partial charge in [0.05, 0.1) is 0 Å².